The third-order valence-electron chi connectivity index (χ3n) is 5.23. The first-order valence-electron chi connectivity index (χ1n) is 9.26. The minimum Gasteiger partial charge on any atom is -0.353 e. The molecular weight excluding hydrogens is 340 g/mol. The van der Waals surface area contributed by atoms with Crippen molar-refractivity contribution in [3.8, 4) is 6.07 Å². The van der Waals surface area contributed by atoms with Gasteiger partial charge in [0.05, 0.1) is 22.8 Å². The summed E-state index contributed by atoms with van der Waals surface area (Å²) >= 11 is 0. The van der Waals surface area contributed by atoms with Crippen molar-refractivity contribution < 1.29 is 0 Å². The molecule has 138 valence electrons. The molecule has 0 saturated carbocycles. The highest BCUT2D eigenvalue weighted by Gasteiger charge is 2.27. The molecule has 1 saturated heterocycles. The van der Waals surface area contributed by atoms with Crippen molar-refractivity contribution in [3.05, 3.63) is 58.6 Å². The highest BCUT2D eigenvalue weighted by Crippen LogP contribution is 2.24. The molecule has 2 aromatic heterocycles. The zero-order valence-corrected chi connectivity index (χ0v) is 15.3. The molecule has 0 bridgehead atoms. The van der Waals surface area contributed by atoms with Gasteiger partial charge in [-0.3, -0.25) is 9.47 Å². The monoisotopic (exact) mass is 362 g/mol. The minimum absolute atomic E-state index is 0.00923. The van der Waals surface area contributed by atoms with Crippen LogP contribution in [0.2, 0.25) is 0 Å². The number of fused-ring (bicyclic) bond motifs is 1. The van der Waals surface area contributed by atoms with E-state index < -0.39 is 0 Å². The van der Waals surface area contributed by atoms with Crippen LogP contribution in [-0.2, 0) is 0 Å². The van der Waals surface area contributed by atoms with E-state index in [2.05, 4.69) is 32.8 Å². The van der Waals surface area contributed by atoms with E-state index in [1.165, 1.54) is 0 Å². The lowest BCUT2D eigenvalue weighted by molar-refractivity contribution is 0.126. The molecule has 7 heteroatoms. The van der Waals surface area contributed by atoms with Gasteiger partial charge in [-0.05, 0) is 30.7 Å². The fourth-order valence-electron chi connectivity index (χ4n) is 3.94. The van der Waals surface area contributed by atoms with Crippen LogP contribution in [-0.4, -0.2) is 45.6 Å². The van der Waals surface area contributed by atoms with Crippen LogP contribution in [0.5, 0.6) is 0 Å². The number of hydrogen-bond donors (Lipinski definition) is 1. The van der Waals surface area contributed by atoms with E-state index in [4.69, 9.17) is 0 Å². The van der Waals surface area contributed by atoms with Gasteiger partial charge in [0, 0.05) is 32.4 Å². The normalized spacial score (nSPS) is 16.4. The summed E-state index contributed by atoms with van der Waals surface area (Å²) in [5.41, 5.74) is 2.34. The number of benzene rings is 1. The van der Waals surface area contributed by atoms with Crippen LogP contribution in [0.1, 0.15) is 25.1 Å². The third-order valence-corrected chi connectivity index (χ3v) is 5.23. The fraction of sp³-hybridized carbons (Fsp3) is 0.350. The summed E-state index contributed by atoms with van der Waals surface area (Å²) in [5.74, 6) is 0.747. The van der Waals surface area contributed by atoms with Crippen molar-refractivity contribution in [1.29, 1.82) is 5.26 Å². The molecule has 1 N–H and O–H groups in total. The Hall–Kier alpha value is -3.11. The number of H-pyrrole nitrogens is 1. The lowest BCUT2D eigenvalue weighted by Crippen LogP contribution is -2.50. The van der Waals surface area contributed by atoms with E-state index in [9.17, 15) is 10.1 Å². The van der Waals surface area contributed by atoms with Gasteiger partial charge in [0.1, 0.15) is 11.9 Å². The zero-order valence-electron chi connectivity index (χ0n) is 15.3. The van der Waals surface area contributed by atoms with Crippen LogP contribution >= 0.6 is 0 Å². The molecule has 0 aliphatic carbocycles. The fourth-order valence-corrected chi connectivity index (χ4v) is 3.94. The molecule has 1 aromatic carbocycles. The largest absolute Gasteiger partial charge is 0.353 e. The molecule has 0 amide bonds. The lowest BCUT2D eigenvalue weighted by atomic mass is 10.2. The number of piperazine rings is 1. The number of nitrogens with zero attached hydrogens (tertiary/aromatic N) is 5. The summed E-state index contributed by atoms with van der Waals surface area (Å²) in [5, 5.41) is 9.31. The van der Waals surface area contributed by atoms with Crippen molar-refractivity contribution in [1.82, 2.24) is 19.4 Å². The van der Waals surface area contributed by atoms with Crippen molar-refractivity contribution in [2.24, 2.45) is 0 Å². The Morgan fingerprint density at radius 3 is 2.70 bits per heavy atom. The average Bonchev–Trinajstić information content (AvgIpc) is 3.05. The maximum absolute atomic E-state index is 12.6. The minimum atomic E-state index is -0.0676. The van der Waals surface area contributed by atoms with Crippen molar-refractivity contribution in [2.45, 2.75) is 19.5 Å². The van der Waals surface area contributed by atoms with Crippen LogP contribution < -0.4 is 10.6 Å². The zero-order chi connectivity index (χ0) is 18.8. The predicted molar refractivity (Wildman–Crippen MR) is 105 cm³/mol. The maximum atomic E-state index is 12.6. The number of imidazole rings is 1. The van der Waals surface area contributed by atoms with Crippen molar-refractivity contribution in [3.63, 3.8) is 0 Å². The summed E-state index contributed by atoms with van der Waals surface area (Å²) in [7, 11) is 0. The number of aromatic nitrogens is 3. The van der Waals surface area contributed by atoms with Gasteiger partial charge in [0.2, 0.25) is 0 Å². The Balaban J connectivity index is 1.57. The number of para-hydroxylation sites is 2. The number of aromatic amines is 1. The number of nitrogens with one attached hydrogen (secondary N) is 1. The predicted octanol–water partition coefficient (Wildman–Crippen LogP) is 2.33. The van der Waals surface area contributed by atoms with E-state index in [0.717, 1.165) is 49.5 Å². The second-order valence-corrected chi connectivity index (χ2v) is 6.72. The molecule has 27 heavy (non-hydrogen) atoms. The maximum Gasteiger partial charge on any atom is 0.327 e. The first-order chi connectivity index (χ1) is 13.2. The molecule has 0 radical (unpaired) electrons. The lowest BCUT2D eigenvalue weighted by Gasteiger charge is -2.40. The molecule has 0 spiro atoms. The standard InChI is InChI=1S/C20H22N6O/c1-2-18(26-17-8-4-3-7-16(17)23-20(26)27)24-10-12-25(13-11-24)19-15(14-21)6-5-9-22-19/h3-9,18H,2,10-13H2,1H3,(H,23,27). The van der Waals surface area contributed by atoms with Gasteiger partial charge in [-0.2, -0.15) is 5.26 Å². The first kappa shape index (κ1) is 17.3. The molecule has 1 aliphatic heterocycles. The summed E-state index contributed by atoms with van der Waals surface area (Å²) in [4.78, 5) is 24.4. The van der Waals surface area contributed by atoms with Gasteiger partial charge >= 0.3 is 5.69 Å². The van der Waals surface area contributed by atoms with Gasteiger partial charge in [-0.25, -0.2) is 9.78 Å². The van der Waals surface area contributed by atoms with E-state index in [1.807, 2.05) is 28.8 Å². The molecule has 1 fully saturated rings. The van der Waals surface area contributed by atoms with Gasteiger partial charge < -0.3 is 9.88 Å². The Morgan fingerprint density at radius 2 is 1.96 bits per heavy atom. The Morgan fingerprint density at radius 1 is 1.19 bits per heavy atom. The number of hydrogen-bond acceptors (Lipinski definition) is 5. The van der Waals surface area contributed by atoms with Crippen LogP contribution in [0.4, 0.5) is 5.82 Å². The van der Waals surface area contributed by atoms with Crippen molar-refractivity contribution >= 4 is 16.9 Å². The molecule has 1 unspecified atom stereocenters. The van der Waals surface area contributed by atoms with E-state index >= 15 is 0 Å². The van der Waals surface area contributed by atoms with Crippen LogP contribution in [0.3, 0.4) is 0 Å². The first-order valence-corrected chi connectivity index (χ1v) is 9.26. The number of nitriles is 1. The van der Waals surface area contributed by atoms with E-state index in [-0.39, 0.29) is 11.9 Å². The number of rotatable bonds is 4. The van der Waals surface area contributed by atoms with Gasteiger partial charge in [0.15, 0.2) is 0 Å². The molecule has 1 atom stereocenters. The Bertz CT molecular complexity index is 1040. The Labute approximate surface area is 157 Å². The van der Waals surface area contributed by atoms with Gasteiger partial charge in [-0.15, -0.1) is 0 Å². The second kappa shape index (κ2) is 7.25. The molecule has 4 rings (SSSR count). The topological polar surface area (TPSA) is 80.9 Å². The van der Waals surface area contributed by atoms with Crippen LogP contribution in [0.25, 0.3) is 11.0 Å². The summed E-state index contributed by atoms with van der Waals surface area (Å²) in [6.07, 6.45) is 2.58. The van der Waals surface area contributed by atoms with Crippen molar-refractivity contribution in [2.75, 3.05) is 31.1 Å². The van der Waals surface area contributed by atoms with Crippen LogP contribution in [0, 0.1) is 11.3 Å². The third kappa shape index (κ3) is 3.09. The van der Waals surface area contributed by atoms with Gasteiger partial charge in [-0.1, -0.05) is 19.1 Å². The molecule has 7 nitrogen and oxygen atoms in total. The smallest absolute Gasteiger partial charge is 0.327 e. The molecule has 1 aliphatic rings. The van der Waals surface area contributed by atoms with E-state index in [1.54, 1.807) is 18.3 Å². The second-order valence-electron chi connectivity index (χ2n) is 6.72. The Kier molecular flexibility index (Phi) is 4.65. The molecule has 3 heterocycles. The number of pyridine rings is 1. The quantitative estimate of drug-likeness (QED) is 0.770. The van der Waals surface area contributed by atoms with Crippen LogP contribution in [0.15, 0.2) is 47.4 Å². The highest BCUT2D eigenvalue weighted by atomic mass is 16.1. The summed E-state index contributed by atoms with van der Waals surface area (Å²) in [6, 6.07) is 13.6. The highest BCUT2D eigenvalue weighted by molar-refractivity contribution is 5.75. The van der Waals surface area contributed by atoms with Gasteiger partial charge in [0.25, 0.3) is 0 Å². The molecule has 3 aromatic rings. The SMILES string of the molecule is CCC(N1CCN(c2ncccc2C#N)CC1)n1c(=O)[nH]c2ccccc21. The average molecular weight is 362 g/mol. The summed E-state index contributed by atoms with van der Waals surface area (Å²) < 4.78 is 1.87. The molecular formula is C20H22N6O. The number of anilines is 1. The van der Waals surface area contributed by atoms with E-state index in [0.29, 0.717) is 5.56 Å². The summed E-state index contributed by atoms with van der Waals surface area (Å²) in [6.45, 7) is 5.29.